The summed E-state index contributed by atoms with van der Waals surface area (Å²) in [5.41, 5.74) is 2.64. The molecule has 0 bridgehead atoms. The second kappa shape index (κ2) is 6.04. The molecule has 1 aliphatic rings. The third kappa shape index (κ3) is 3.41. The maximum atomic E-state index is 13.2. The molecule has 2 aromatic rings. The Morgan fingerprint density at radius 3 is 2.04 bits per heavy atom. The monoisotopic (exact) mass is 379 g/mol. The fourth-order valence-electron chi connectivity index (χ4n) is 2.71. The van der Waals surface area contributed by atoms with Crippen LogP contribution in [0.1, 0.15) is 22.7 Å². The lowest BCUT2D eigenvalue weighted by Crippen LogP contribution is -2.35. The standard InChI is InChI=1S/C16H12F7N3/c17-9-3-1-7(2-4-9)12(24)14-25-11-6-8(15(18,19)20)5-10(13(11)26-14)16(21,22)23/h1-6,12,14,25-26H,24H2/t12-,14?/m0/s1. The van der Waals surface area contributed by atoms with E-state index in [9.17, 15) is 30.7 Å². The number of anilines is 2. The van der Waals surface area contributed by atoms with Crippen LogP contribution in [0.15, 0.2) is 36.4 Å². The number of rotatable bonds is 2. The number of nitrogens with two attached hydrogens (primary N) is 1. The van der Waals surface area contributed by atoms with Gasteiger partial charge in [0.25, 0.3) is 0 Å². The van der Waals surface area contributed by atoms with Gasteiger partial charge in [0.1, 0.15) is 12.0 Å². The van der Waals surface area contributed by atoms with Gasteiger partial charge >= 0.3 is 12.4 Å². The van der Waals surface area contributed by atoms with Crippen molar-refractivity contribution in [3.05, 3.63) is 58.9 Å². The first-order valence-electron chi connectivity index (χ1n) is 7.33. The Balaban J connectivity index is 1.98. The fraction of sp³-hybridized carbons (Fsp3) is 0.250. The van der Waals surface area contributed by atoms with Crippen LogP contribution in [0.5, 0.6) is 0 Å². The highest BCUT2D eigenvalue weighted by molar-refractivity contribution is 5.79. The second-order valence-corrected chi connectivity index (χ2v) is 5.79. The summed E-state index contributed by atoms with van der Waals surface area (Å²) in [6.45, 7) is 0. The molecule has 140 valence electrons. The molecule has 0 radical (unpaired) electrons. The molecule has 0 fully saturated rings. The Labute approximate surface area is 143 Å². The van der Waals surface area contributed by atoms with Crippen LogP contribution in [0.25, 0.3) is 0 Å². The quantitative estimate of drug-likeness (QED) is 0.662. The van der Waals surface area contributed by atoms with Crippen molar-refractivity contribution in [2.45, 2.75) is 24.6 Å². The van der Waals surface area contributed by atoms with Crippen LogP contribution in [-0.2, 0) is 12.4 Å². The van der Waals surface area contributed by atoms with Gasteiger partial charge in [-0.1, -0.05) is 12.1 Å². The van der Waals surface area contributed by atoms with Crippen molar-refractivity contribution in [2.75, 3.05) is 10.6 Å². The molecule has 3 rings (SSSR count). The molecular formula is C16H12F7N3. The molecule has 26 heavy (non-hydrogen) atoms. The fourth-order valence-corrected chi connectivity index (χ4v) is 2.71. The highest BCUT2D eigenvalue weighted by Gasteiger charge is 2.42. The van der Waals surface area contributed by atoms with Gasteiger partial charge in [-0.3, -0.25) is 0 Å². The summed E-state index contributed by atoms with van der Waals surface area (Å²) in [5.74, 6) is -0.522. The van der Waals surface area contributed by atoms with Crippen molar-refractivity contribution in [3.63, 3.8) is 0 Å². The zero-order valence-electron chi connectivity index (χ0n) is 12.8. The van der Waals surface area contributed by atoms with E-state index in [-0.39, 0.29) is 11.8 Å². The van der Waals surface area contributed by atoms with Gasteiger partial charge < -0.3 is 16.4 Å². The highest BCUT2D eigenvalue weighted by atomic mass is 19.4. The Morgan fingerprint density at radius 1 is 0.885 bits per heavy atom. The van der Waals surface area contributed by atoms with Crippen LogP contribution < -0.4 is 16.4 Å². The SMILES string of the molecule is N[C@@H](c1ccc(F)cc1)C1Nc2cc(C(F)(F)F)cc(C(F)(F)F)c2N1. The van der Waals surface area contributed by atoms with Crippen LogP contribution >= 0.6 is 0 Å². The number of benzene rings is 2. The first-order chi connectivity index (χ1) is 12.0. The van der Waals surface area contributed by atoms with Crippen molar-refractivity contribution in [2.24, 2.45) is 5.73 Å². The summed E-state index contributed by atoms with van der Waals surface area (Å²) in [6.07, 6.45) is -10.9. The van der Waals surface area contributed by atoms with Crippen molar-refractivity contribution < 1.29 is 30.7 Å². The Morgan fingerprint density at radius 2 is 1.50 bits per heavy atom. The van der Waals surface area contributed by atoms with Gasteiger partial charge in [-0.15, -0.1) is 0 Å². The zero-order valence-corrected chi connectivity index (χ0v) is 12.8. The van der Waals surface area contributed by atoms with E-state index < -0.39 is 47.2 Å². The van der Waals surface area contributed by atoms with Crippen molar-refractivity contribution >= 4 is 11.4 Å². The summed E-state index contributed by atoms with van der Waals surface area (Å²) in [6, 6.07) is 4.66. The van der Waals surface area contributed by atoms with Gasteiger partial charge in [0, 0.05) is 0 Å². The summed E-state index contributed by atoms with van der Waals surface area (Å²) in [4.78, 5) is 0. The lowest BCUT2D eigenvalue weighted by Gasteiger charge is -2.21. The second-order valence-electron chi connectivity index (χ2n) is 5.79. The Bertz CT molecular complexity index is 812. The molecule has 0 saturated heterocycles. The average Bonchev–Trinajstić information content (AvgIpc) is 2.96. The van der Waals surface area contributed by atoms with Crippen molar-refractivity contribution in [3.8, 4) is 0 Å². The maximum absolute atomic E-state index is 13.2. The van der Waals surface area contributed by atoms with Crippen LogP contribution in [0.4, 0.5) is 42.1 Å². The summed E-state index contributed by atoms with van der Waals surface area (Å²) >= 11 is 0. The van der Waals surface area contributed by atoms with E-state index in [0.717, 1.165) is 12.1 Å². The predicted molar refractivity (Wildman–Crippen MR) is 80.8 cm³/mol. The normalized spacial score (nSPS) is 18.1. The van der Waals surface area contributed by atoms with Gasteiger partial charge in [0.15, 0.2) is 0 Å². The van der Waals surface area contributed by atoms with Gasteiger partial charge in [-0.2, -0.15) is 26.3 Å². The van der Waals surface area contributed by atoms with Gasteiger partial charge in [-0.05, 0) is 29.8 Å². The average molecular weight is 379 g/mol. The number of hydrogen-bond acceptors (Lipinski definition) is 3. The van der Waals surface area contributed by atoms with Crippen LogP contribution in [0.2, 0.25) is 0 Å². The van der Waals surface area contributed by atoms with Crippen LogP contribution in [0, 0.1) is 5.82 Å². The zero-order chi connectivity index (χ0) is 19.3. The van der Waals surface area contributed by atoms with Gasteiger partial charge in [0.05, 0.1) is 28.5 Å². The molecule has 1 aliphatic heterocycles. The third-order valence-electron chi connectivity index (χ3n) is 4.00. The lowest BCUT2D eigenvalue weighted by atomic mass is 10.1. The summed E-state index contributed by atoms with van der Waals surface area (Å²) in [5, 5.41) is 5.03. The van der Waals surface area contributed by atoms with E-state index in [1.165, 1.54) is 12.1 Å². The van der Waals surface area contributed by atoms with Crippen LogP contribution in [0.3, 0.4) is 0 Å². The molecule has 0 aliphatic carbocycles. The molecule has 4 N–H and O–H groups in total. The predicted octanol–water partition coefficient (Wildman–Crippen LogP) is 4.73. The summed E-state index contributed by atoms with van der Waals surface area (Å²) in [7, 11) is 0. The van der Waals surface area contributed by atoms with Gasteiger partial charge in [-0.25, -0.2) is 4.39 Å². The topological polar surface area (TPSA) is 50.1 Å². The van der Waals surface area contributed by atoms with Crippen molar-refractivity contribution in [1.82, 2.24) is 0 Å². The molecule has 0 spiro atoms. The van der Waals surface area contributed by atoms with E-state index in [1.807, 2.05) is 0 Å². The smallest absolute Gasteiger partial charge is 0.362 e. The van der Waals surface area contributed by atoms with E-state index in [1.54, 1.807) is 0 Å². The van der Waals surface area contributed by atoms with E-state index in [2.05, 4.69) is 10.6 Å². The number of hydrogen-bond donors (Lipinski definition) is 3. The van der Waals surface area contributed by atoms with Crippen LogP contribution in [-0.4, -0.2) is 6.17 Å². The number of fused-ring (bicyclic) bond motifs is 1. The van der Waals surface area contributed by atoms with E-state index in [4.69, 9.17) is 5.73 Å². The molecule has 3 nitrogen and oxygen atoms in total. The van der Waals surface area contributed by atoms with Crippen molar-refractivity contribution in [1.29, 1.82) is 0 Å². The first kappa shape index (κ1) is 18.3. The van der Waals surface area contributed by atoms with Gasteiger partial charge in [0.2, 0.25) is 0 Å². The minimum absolute atomic E-state index is 0.0549. The lowest BCUT2D eigenvalue weighted by molar-refractivity contribution is -0.142. The minimum Gasteiger partial charge on any atom is -0.362 e. The number of halogens is 7. The molecule has 0 aromatic heterocycles. The maximum Gasteiger partial charge on any atom is 0.418 e. The number of alkyl halides is 6. The molecular weight excluding hydrogens is 367 g/mol. The third-order valence-corrected chi connectivity index (χ3v) is 4.00. The molecule has 2 aromatic carbocycles. The Hall–Kier alpha value is -2.49. The molecule has 2 atom stereocenters. The summed E-state index contributed by atoms with van der Waals surface area (Å²) < 4.78 is 91.3. The number of nitrogens with one attached hydrogen (secondary N) is 2. The largest absolute Gasteiger partial charge is 0.418 e. The molecule has 1 unspecified atom stereocenters. The molecule has 1 heterocycles. The molecule has 10 heteroatoms. The van der Waals surface area contributed by atoms with E-state index >= 15 is 0 Å². The van der Waals surface area contributed by atoms with E-state index in [0.29, 0.717) is 11.6 Å². The highest BCUT2D eigenvalue weighted by Crippen LogP contribution is 2.46. The molecule has 0 saturated carbocycles. The Kier molecular flexibility index (Phi) is 4.26. The first-order valence-corrected chi connectivity index (χ1v) is 7.33. The molecule has 0 amide bonds. The minimum atomic E-state index is -4.99.